The minimum Gasteiger partial charge on any atom is -0.341 e. The zero-order valence-electron chi connectivity index (χ0n) is 15.0. The summed E-state index contributed by atoms with van der Waals surface area (Å²) in [5.41, 5.74) is 0. The summed E-state index contributed by atoms with van der Waals surface area (Å²) in [6, 6.07) is -0.0619. The third kappa shape index (κ3) is 4.67. The van der Waals surface area contributed by atoms with Crippen molar-refractivity contribution in [2.75, 3.05) is 58.9 Å². The second-order valence-corrected chi connectivity index (χ2v) is 6.59. The maximum atomic E-state index is 12.5. The van der Waals surface area contributed by atoms with Crippen LogP contribution in [0.2, 0.25) is 0 Å². The third-order valence-electron chi connectivity index (χ3n) is 5.24. The predicted molar refractivity (Wildman–Crippen MR) is 91.2 cm³/mol. The summed E-state index contributed by atoms with van der Waals surface area (Å²) in [6.07, 6.45) is 2.26. The monoisotopic (exact) mass is 324 g/mol. The highest BCUT2D eigenvalue weighted by Crippen LogP contribution is 2.14. The van der Waals surface area contributed by atoms with Crippen LogP contribution in [0.5, 0.6) is 0 Å². The standard InChI is InChI=1S/C17H32N4O2/c1-4-18(5-2)14-16(22)20-12-10-19(11-13-20)15(3)17(23)21-8-6-7-9-21/h15H,4-14H2,1-3H3/t15-/m0/s1. The Bertz CT molecular complexity index is 397. The number of rotatable bonds is 6. The van der Waals surface area contributed by atoms with Crippen LogP contribution >= 0.6 is 0 Å². The SMILES string of the molecule is CCN(CC)CC(=O)N1CCN([C@@H](C)C(=O)N2CCCC2)CC1. The van der Waals surface area contributed by atoms with Crippen LogP contribution in [-0.4, -0.2) is 96.4 Å². The molecule has 2 saturated heterocycles. The Morgan fingerprint density at radius 3 is 2.00 bits per heavy atom. The van der Waals surface area contributed by atoms with E-state index < -0.39 is 0 Å². The molecule has 0 aromatic heterocycles. The fourth-order valence-electron chi connectivity index (χ4n) is 3.46. The molecule has 2 aliphatic heterocycles. The van der Waals surface area contributed by atoms with E-state index in [1.54, 1.807) is 0 Å². The van der Waals surface area contributed by atoms with Crippen LogP contribution in [-0.2, 0) is 9.59 Å². The number of hydrogen-bond donors (Lipinski definition) is 0. The first-order valence-corrected chi connectivity index (χ1v) is 9.09. The summed E-state index contributed by atoms with van der Waals surface area (Å²) in [5, 5.41) is 0. The summed E-state index contributed by atoms with van der Waals surface area (Å²) in [4.78, 5) is 33.1. The van der Waals surface area contributed by atoms with E-state index >= 15 is 0 Å². The van der Waals surface area contributed by atoms with Crippen molar-refractivity contribution in [2.24, 2.45) is 0 Å². The number of nitrogens with zero attached hydrogens (tertiary/aromatic N) is 4. The summed E-state index contributed by atoms with van der Waals surface area (Å²) < 4.78 is 0. The van der Waals surface area contributed by atoms with E-state index in [9.17, 15) is 9.59 Å². The molecular weight excluding hydrogens is 292 g/mol. The fraction of sp³-hybridized carbons (Fsp3) is 0.882. The minimum absolute atomic E-state index is 0.0619. The van der Waals surface area contributed by atoms with Crippen molar-refractivity contribution in [3.8, 4) is 0 Å². The van der Waals surface area contributed by atoms with Crippen molar-refractivity contribution in [2.45, 2.75) is 39.7 Å². The largest absolute Gasteiger partial charge is 0.341 e. The summed E-state index contributed by atoms with van der Waals surface area (Å²) >= 11 is 0. The van der Waals surface area contributed by atoms with E-state index in [2.05, 4.69) is 23.6 Å². The molecule has 1 atom stereocenters. The molecule has 2 rings (SSSR count). The van der Waals surface area contributed by atoms with E-state index in [4.69, 9.17) is 0 Å². The van der Waals surface area contributed by atoms with Crippen LogP contribution in [0.4, 0.5) is 0 Å². The highest BCUT2D eigenvalue weighted by molar-refractivity contribution is 5.82. The molecular formula is C17H32N4O2. The van der Waals surface area contributed by atoms with E-state index in [0.717, 1.165) is 65.2 Å². The molecule has 0 aromatic rings. The van der Waals surface area contributed by atoms with Crippen LogP contribution in [0.15, 0.2) is 0 Å². The molecule has 2 amide bonds. The van der Waals surface area contributed by atoms with Crippen molar-refractivity contribution in [1.29, 1.82) is 0 Å². The number of hydrogen-bond acceptors (Lipinski definition) is 4. The van der Waals surface area contributed by atoms with Crippen molar-refractivity contribution < 1.29 is 9.59 Å². The van der Waals surface area contributed by atoms with Gasteiger partial charge in [0, 0.05) is 39.3 Å². The topological polar surface area (TPSA) is 47.1 Å². The number of likely N-dealkylation sites (tertiary alicyclic amines) is 1. The van der Waals surface area contributed by atoms with Crippen LogP contribution < -0.4 is 0 Å². The lowest BCUT2D eigenvalue weighted by Crippen LogP contribution is -2.56. The number of carbonyl (C=O) groups excluding carboxylic acids is 2. The van der Waals surface area contributed by atoms with Gasteiger partial charge < -0.3 is 9.80 Å². The first-order chi connectivity index (χ1) is 11.1. The number of amides is 2. The first-order valence-electron chi connectivity index (χ1n) is 9.09. The normalized spacial score (nSPS) is 21.0. The average Bonchev–Trinajstić information content (AvgIpc) is 3.12. The predicted octanol–water partition coefficient (Wildman–Crippen LogP) is 0.483. The number of likely N-dealkylation sites (N-methyl/N-ethyl adjacent to an activating group) is 1. The van der Waals surface area contributed by atoms with Gasteiger partial charge in [-0.25, -0.2) is 0 Å². The van der Waals surface area contributed by atoms with Gasteiger partial charge in [-0.15, -0.1) is 0 Å². The lowest BCUT2D eigenvalue weighted by molar-refractivity contribution is -0.138. The Hall–Kier alpha value is -1.14. The lowest BCUT2D eigenvalue weighted by atomic mass is 10.2. The third-order valence-corrected chi connectivity index (χ3v) is 5.24. The van der Waals surface area contributed by atoms with Gasteiger partial charge in [0.1, 0.15) is 0 Å². The molecule has 2 aliphatic rings. The average molecular weight is 324 g/mol. The Kier molecular flexibility index (Phi) is 6.84. The molecule has 6 heteroatoms. The van der Waals surface area contributed by atoms with Gasteiger partial charge in [-0.05, 0) is 32.9 Å². The van der Waals surface area contributed by atoms with Crippen molar-refractivity contribution in [3.63, 3.8) is 0 Å². The molecule has 0 N–H and O–H groups in total. The van der Waals surface area contributed by atoms with Crippen molar-refractivity contribution in [1.82, 2.24) is 19.6 Å². The fourth-order valence-corrected chi connectivity index (χ4v) is 3.46. The first kappa shape index (κ1) is 18.2. The molecule has 2 fully saturated rings. The summed E-state index contributed by atoms with van der Waals surface area (Å²) in [6.45, 7) is 13.4. The van der Waals surface area contributed by atoms with Gasteiger partial charge in [-0.3, -0.25) is 19.4 Å². The molecule has 0 aliphatic carbocycles. The van der Waals surface area contributed by atoms with Crippen molar-refractivity contribution >= 4 is 11.8 Å². The van der Waals surface area contributed by atoms with Crippen LogP contribution in [0.1, 0.15) is 33.6 Å². The van der Waals surface area contributed by atoms with Gasteiger partial charge in [-0.2, -0.15) is 0 Å². The molecule has 0 radical (unpaired) electrons. The molecule has 0 saturated carbocycles. The molecule has 2 heterocycles. The highest BCUT2D eigenvalue weighted by Gasteiger charge is 2.31. The van der Waals surface area contributed by atoms with Gasteiger partial charge in [0.2, 0.25) is 11.8 Å². The quantitative estimate of drug-likeness (QED) is 0.713. The van der Waals surface area contributed by atoms with Gasteiger partial charge in [0.25, 0.3) is 0 Å². The smallest absolute Gasteiger partial charge is 0.239 e. The summed E-state index contributed by atoms with van der Waals surface area (Å²) in [5.74, 6) is 0.470. The van der Waals surface area contributed by atoms with E-state index in [1.165, 1.54) is 0 Å². The Morgan fingerprint density at radius 2 is 1.48 bits per heavy atom. The van der Waals surface area contributed by atoms with Gasteiger partial charge >= 0.3 is 0 Å². The molecule has 0 spiro atoms. The Morgan fingerprint density at radius 1 is 0.913 bits per heavy atom. The van der Waals surface area contributed by atoms with Gasteiger partial charge in [-0.1, -0.05) is 13.8 Å². The highest BCUT2D eigenvalue weighted by atomic mass is 16.2. The lowest BCUT2D eigenvalue weighted by Gasteiger charge is -2.39. The molecule has 132 valence electrons. The maximum absolute atomic E-state index is 12.5. The number of carbonyl (C=O) groups is 2. The molecule has 23 heavy (non-hydrogen) atoms. The second-order valence-electron chi connectivity index (χ2n) is 6.59. The minimum atomic E-state index is -0.0619. The molecule has 6 nitrogen and oxygen atoms in total. The maximum Gasteiger partial charge on any atom is 0.239 e. The van der Waals surface area contributed by atoms with E-state index in [1.807, 2.05) is 16.7 Å². The molecule has 0 bridgehead atoms. The van der Waals surface area contributed by atoms with E-state index in [-0.39, 0.29) is 17.9 Å². The second kappa shape index (κ2) is 8.64. The van der Waals surface area contributed by atoms with Gasteiger partial charge in [0.15, 0.2) is 0 Å². The van der Waals surface area contributed by atoms with E-state index in [0.29, 0.717) is 6.54 Å². The van der Waals surface area contributed by atoms with Gasteiger partial charge in [0.05, 0.1) is 12.6 Å². The zero-order valence-corrected chi connectivity index (χ0v) is 15.0. The van der Waals surface area contributed by atoms with Crippen LogP contribution in [0, 0.1) is 0 Å². The van der Waals surface area contributed by atoms with Crippen LogP contribution in [0.25, 0.3) is 0 Å². The van der Waals surface area contributed by atoms with Crippen molar-refractivity contribution in [3.05, 3.63) is 0 Å². The Labute approximate surface area is 140 Å². The molecule has 0 aromatic carbocycles. The zero-order chi connectivity index (χ0) is 16.8. The Balaban J connectivity index is 1.78. The van der Waals surface area contributed by atoms with Crippen LogP contribution in [0.3, 0.4) is 0 Å². The molecule has 0 unspecified atom stereocenters. The summed E-state index contributed by atoms with van der Waals surface area (Å²) in [7, 11) is 0. The number of piperazine rings is 1.